The van der Waals surface area contributed by atoms with Crippen LogP contribution in [0.5, 0.6) is 0 Å². The number of carbonyl (C=O) groups excluding carboxylic acids is 3. The van der Waals surface area contributed by atoms with Crippen LogP contribution in [0.4, 0.5) is 10.5 Å². The number of carbonyl (C=O) groups is 3. The van der Waals surface area contributed by atoms with E-state index in [4.69, 9.17) is 5.73 Å². The van der Waals surface area contributed by atoms with Crippen LogP contribution in [0.15, 0.2) is 24.3 Å². The van der Waals surface area contributed by atoms with E-state index >= 15 is 0 Å². The van der Waals surface area contributed by atoms with Crippen LogP contribution < -0.4 is 16.0 Å². The second kappa shape index (κ2) is 7.13. The molecular weight excluding hydrogens is 320 g/mol. The lowest BCUT2D eigenvalue weighted by Gasteiger charge is -2.31. The summed E-state index contributed by atoms with van der Waals surface area (Å²) in [4.78, 5) is 39.3. The van der Waals surface area contributed by atoms with E-state index in [1.807, 2.05) is 31.2 Å². The fourth-order valence-electron chi connectivity index (χ4n) is 3.41. The first-order valence-corrected chi connectivity index (χ1v) is 8.66. The van der Waals surface area contributed by atoms with Crippen molar-refractivity contribution < 1.29 is 14.4 Å². The Morgan fingerprint density at radius 2 is 1.80 bits per heavy atom. The van der Waals surface area contributed by atoms with Gasteiger partial charge in [0.15, 0.2) is 0 Å². The van der Waals surface area contributed by atoms with Crippen molar-refractivity contribution in [2.45, 2.75) is 32.2 Å². The van der Waals surface area contributed by atoms with E-state index < -0.39 is 0 Å². The van der Waals surface area contributed by atoms with E-state index in [0.717, 1.165) is 11.3 Å². The highest BCUT2D eigenvalue weighted by molar-refractivity contribution is 5.96. The fraction of sp³-hybridized carbons (Fsp3) is 0.500. The number of piperidine rings is 1. The summed E-state index contributed by atoms with van der Waals surface area (Å²) in [6, 6.07) is 7.41. The zero-order chi connectivity index (χ0) is 18.0. The molecule has 0 bridgehead atoms. The van der Waals surface area contributed by atoms with Gasteiger partial charge in [0.1, 0.15) is 0 Å². The number of aryl methyl sites for hydroxylation is 1. The van der Waals surface area contributed by atoms with Crippen LogP contribution in [0, 0.1) is 12.8 Å². The van der Waals surface area contributed by atoms with Crippen LogP contribution in [0.1, 0.15) is 24.8 Å². The molecule has 3 N–H and O–H groups in total. The lowest BCUT2D eigenvalue weighted by molar-refractivity contribution is -0.123. The van der Waals surface area contributed by atoms with Crippen molar-refractivity contribution in [3.05, 3.63) is 29.8 Å². The SMILES string of the molecule is Cc1ccc(N2C[C@@H](NC(=O)N3CCC(C(N)=O)CC3)CC2=O)cc1. The largest absolute Gasteiger partial charge is 0.369 e. The standard InChI is InChI=1S/C18H24N4O3/c1-12-2-4-15(5-3-12)22-11-14(10-16(22)23)20-18(25)21-8-6-13(7-9-21)17(19)24/h2-5,13-14H,6-11H2,1H3,(H2,19,24)(H,20,25)/t14-/m0/s1. The molecule has 0 aromatic heterocycles. The van der Waals surface area contributed by atoms with Gasteiger partial charge >= 0.3 is 6.03 Å². The van der Waals surface area contributed by atoms with Crippen molar-refractivity contribution in [1.82, 2.24) is 10.2 Å². The number of rotatable bonds is 3. The van der Waals surface area contributed by atoms with E-state index in [0.29, 0.717) is 38.9 Å². The van der Waals surface area contributed by atoms with Crippen LogP contribution in [0.25, 0.3) is 0 Å². The number of urea groups is 1. The highest BCUT2D eigenvalue weighted by Crippen LogP contribution is 2.22. The summed E-state index contributed by atoms with van der Waals surface area (Å²) in [5.41, 5.74) is 7.31. The van der Waals surface area contributed by atoms with Crippen molar-refractivity contribution in [1.29, 1.82) is 0 Å². The fourth-order valence-corrected chi connectivity index (χ4v) is 3.41. The van der Waals surface area contributed by atoms with Crippen molar-refractivity contribution in [3.63, 3.8) is 0 Å². The van der Waals surface area contributed by atoms with Gasteiger partial charge in [-0.1, -0.05) is 17.7 Å². The molecular formula is C18H24N4O3. The Morgan fingerprint density at radius 1 is 1.16 bits per heavy atom. The minimum atomic E-state index is -0.296. The van der Waals surface area contributed by atoms with Crippen LogP contribution in [-0.4, -0.2) is 48.4 Å². The van der Waals surface area contributed by atoms with E-state index in [9.17, 15) is 14.4 Å². The van der Waals surface area contributed by atoms with Crippen molar-refractivity contribution in [3.8, 4) is 0 Å². The van der Waals surface area contributed by atoms with Gasteiger partial charge in [0, 0.05) is 37.7 Å². The second-order valence-corrected chi connectivity index (χ2v) is 6.85. The molecule has 134 valence electrons. The van der Waals surface area contributed by atoms with Gasteiger partial charge in [-0.15, -0.1) is 0 Å². The topological polar surface area (TPSA) is 95.7 Å². The van der Waals surface area contributed by atoms with Crippen LogP contribution in [-0.2, 0) is 9.59 Å². The molecule has 2 aliphatic heterocycles. The van der Waals surface area contributed by atoms with Gasteiger partial charge in [0.05, 0.1) is 6.04 Å². The molecule has 0 unspecified atom stereocenters. The van der Waals surface area contributed by atoms with Crippen LogP contribution in [0.2, 0.25) is 0 Å². The third-order valence-corrected chi connectivity index (χ3v) is 4.98. The van der Waals surface area contributed by atoms with Crippen LogP contribution >= 0.6 is 0 Å². The van der Waals surface area contributed by atoms with Crippen molar-refractivity contribution in [2.75, 3.05) is 24.5 Å². The molecule has 1 aromatic carbocycles. The molecule has 0 spiro atoms. The molecule has 7 nitrogen and oxygen atoms in total. The Labute approximate surface area is 147 Å². The Kier molecular flexibility index (Phi) is 4.92. The van der Waals surface area contributed by atoms with E-state index in [-0.39, 0.29) is 29.8 Å². The maximum absolute atomic E-state index is 12.4. The molecule has 2 saturated heterocycles. The third kappa shape index (κ3) is 3.92. The summed E-state index contributed by atoms with van der Waals surface area (Å²) in [5.74, 6) is -0.425. The number of likely N-dealkylation sites (tertiary alicyclic amines) is 1. The minimum Gasteiger partial charge on any atom is -0.369 e. The summed E-state index contributed by atoms with van der Waals surface area (Å²) >= 11 is 0. The summed E-state index contributed by atoms with van der Waals surface area (Å²) in [5, 5.41) is 2.94. The molecule has 3 rings (SSSR count). The van der Waals surface area contributed by atoms with Gasteiger partial charge < -0.3 is 20.9 Å². The highest BCUT2D eigenvalue weighted by Gasteiger charge is 2.33. The quantitative estimate of drug-likeness (QED) is 0.856. The Balaban J connectivity index is 1.54. The number of nitrogens with one attached hydrogen (secondary N) is 1. The van der Waals surface area contributed by atoms with Gasteiger partial charge in [0.25, 0.3) is 0 Å². The molecule has 0 radical (unpaired) electrons. The Morgan fingerprint density at radius 3 is 2.40 bits per heavy atom. The number of anilines is 1. The average molecular weight is 344 g/mol. The summed E-state index contributed by atoms with van der Waals surface area (Å²) in [7, 11) is 0. The monoisotopic (exact) mass is 344 g/mol. The van der Waals surface area contributed by atoms with Crippen LogP contribution in [0.3, 0.4) is 0 Å². The van der Waals surface area contributed by atoms with E-state index in [1.54, 1.807) is 9.80 Å². The summed E-state index contributed by atoms with van der Waals surface area (Å²) in [6.45, 7) is 3.51. The van der Waals surface area contributed by atoms with Gasteiger partial charge in [0.2, 0.25) is 11.8 Å². The number of hydrogen-bond acceptors (Lipinski definition) is 3. The van der Waals surface area contributed by atoms with E-state index in [2.05, 4.69) is 5.32 Å². The minimum absolute atomic E-state index is 0.0154. The van der Waals surface area contributed by atoms with Gasteiger partial charge in [-0.05, 0) is 31.9 Å². The molecule has 4 amide bonds. The molecule has 7 heteroatoms. The molecule has 2 heterocycles. The first kappa shape index (κ1) is 17.3. The number of nitrogens with zero attached hydrogens (tertiary/aromatic N) is 2. The summed E-state index contributed by atoms with van der Waals surface area (Å²) in [6.07, 6.45) is 1.50. The smallest absolute Gasteiger partial charge is 0.317 e. The lowest BCUT2D eigenvalue weighted by atomic mass is 9.96. The molecule has 25 heavy (non-hydrogen) atoms. The van der Waals surface area contributed by atoms with Crippen molar-refractivity contribution in [2.24, 2.45) is 11.7 Å². The molecule has 1 aromatic rings. The molecule has 0 aliphatic carbocycles. The maximum atomic E-state index is 12.4. The molecule has 0 saturated carbocycles. The van der Waals surface area contributed by atoms with Gasteiger partial charge in [-0.2, -0.15) is 0 Å². The zero-order valence-corrected chi connectivity index (χ0v) is 14.4. The first-order valence-electron chi connectivity index (χ1n) is 8.66. The Hall–Kier alpha value is -2.57. The predicted octanol–water partition coefficient (Wildman–Crippen LogP) is 1.01. The first-order chi connectivity index (χ1) is 11.9. The Bertz CT molecular complexity index is 665. The normalized spacial score (nSPS) is 21.5. The zero-order valence-electron chi connectivity index (χ0n) is 14.4. The number of benzene rings is 1. The molecule has 1 atom stereocenters. The number of amides is 4. The molecule has 2 aliphatic rings. The average Bonchev–Trinajstić information content (AvgIpc) is 2.96. The number of primary amides is 1. The third-order valence-electron chi connectivity index (χ3n) is 4.98. The van der Waals surface area contributed by atoms with Gasteiger partial charge in [-0.25, -0.2) is 4.79 Å². The van der Waals surface area contributed by atoms with E-state index in [1.165, 1.54) is 0 Å². The lowest BCUT2D eigenvalue weighted by Crippen LogP contribution is -2.49. The predicted molar refractivity (Wildman–Crippen MR) is 94.0 cm³/mol. The molecule has 2 fully saturated rings. The van der Waals surface area contributed by atoms with Crippen molar-refractivity contribution >= 4 is 23.5 Å². The number of nitrogens with two attached hydrogens (primary N) is 1. The maximum Gasteiger partial charge on any atom is 0.317 e. The summed E-state index contributed by atoms with van der Waals surface area (Å²) < 4.78 is 0. The highest BCUT2D eigenvalue weighted by atomic mass is 16.2. The van der Waals surface area contributed by atoms with Gasteiger partial charge in [-0.3, -0.25) is 9.59 Å². The number of hydrogen-bond donors (Lipinski definition) is 2. The second-order valence-electron chi connectivity index (χ2n) is 6.85.